The molecule has 0 saturated heterocycles. The Bertz CT molecular complexity index is 445. The van der Waals surface area contributed by atoms with Crippen LogP contribution in [0.2, 0.25) is 0 Å². The van der Waals surface area contributed by atoms with E-state index in [4.69, 9.17) is 5.73 Å². The van der Waals surface area contributed by atoms with Crippen LogP contribution in [0, 0.1) is 5.41 Å². The van der Waals surface area contributed by atoms with E-state index in [9.17, 15) is 0 Å². The van der Waals surface area contributed by atoms with Gasteiger partial charge in [-0.2, -0.15) is 0 Å². The van der Waals surface area contributed by atoms with Crippen molar-refractivity contribution in [3.8, 4) is 0 Å². The molecule has 0 bridgehead atoms. The van der Waals surface area contributed by atoms with Gasteiger partial charge in [0.1, 0.15) is 0 Å². The van der Waals surface area contributed by atoms with E-state index in [1.165, 1.54) is 38.5 Å². The van der Waals surface area contributed by atoms with Crippen LogP contribution in [-0.4, -0.2) is 6.04 Å². The molecule has 1 heteroatoms. The molecule has 0 amide bonds. The van der Waals surface area contributed by atoms with E-state index < -0.39 is 0 Å². The van der Waals surface area contributed by atoms with Crippen LogP contribution in [0.15, 0.2) is 24.3 Å². The Balaban J connectivity index is 1.91. The molecule has 0 spiro atoms. The van der Waals surface area contributed by atoms with Gasteiger partial charge in [0.2, 0.25) is 0 Å². The molecule has 0 heterocycles. The van der Waals surface area contributed by atoms with Gasteiger partial charge in [-0.05, 0) is 60.5 Å². The topological polar surface area (TPSA) is 26.0 Å². The first-order chi connectivity index (χ1) is 9.07. The molecular weight excluding hydrogens is 230 g/mol. The van der Waals surface area contributed by atoms with Crippen LogP contribution in [0.25, 0.3) is 0 Å². The Labute approximate surface area is 117 Å². The van der Waals surface area contributed by atoms with E-state index in [-0.39, 0.29) is 0 Å². The monoisotopic (exact) mass is 257 g/mol. The van der Waals surface area contributed by atoms with Gasteiger partial charge in [0, 0.05) is 6.04 Å². The molecule has 2 aliphatic rings. The molecule has 1 aromatic carbocycles. The van der Waals surface area contributed by atoms with Gasteiger partial charge in [-0.25, -0.2) is 0 Å². The van der Waals surface area contributed by atoms with Gasteiger partial charge < -0.3 is 5.73 Å². The summed E-state index contributed by atoms with van der Waals surface area (Å²) in [6.07, 6.45) is 7.86. The van der Waals surface area contributed by atoms with Crippen LogP contribution >= 0.6 is 0 Å². The van der Waals surface area contributed by atoms with Crippen molar-refractivity contribution >= 4 is 0 Å². The van der Waals surface area contributed by atoms with Crippen LogP contribution in [0.4, 0.5) is 0 Å². The fourth-order valence-corrected chi connectivity index (χ4v) is 3.89. The molecule has 2 unspecified atom stereocenters. The SMILES string of the molecule is CC1(C)CCC(N)C(c2ccccc2C2CCC2)C1. The molecule has 2 fully saturated rings. The predicted octanol–water partition coefficient (Wildman–Crippen LogP) is 4.58. The first-order valence-corrected chi connectivity index (χ1v) is 7.91. The minimum atomic E-state index is 0.356. The molecule has 0 aliphatic heterocycles. The molecule has 2 saturated carbocycles. The lowest BCUT2D eigenvalue weighted by Gasteiger charge is -2.41. The van der Waals surface area contributed by atoms with Crippen LogP contribution in [0.3, 0.4) is 0 Å². The van der Waals surface area contributed by atoms with Crippen molar-refractivity contribution in [2.24, 2.45) is 11.1 Å². The molecule has 2 N–H and O–H groups in total. The fraction of sp³-hybridized carbons (Fsp3) is 0.667. The number of benzene rings is 1. The van der Waals surface area contributed by atoms with Crippen LogP contribution in [0.5, 0.6) is 0 Å². The minimum Gasteiger partial charge on any atom is -0.327 e. The summed E-state index contributed by atoms with van der Waals surface area (Å²) < 4.78 is 0. The van der Waals surface area contributed by atoms with E-state index in [0.717, 1.165) is 5.92 Å². The van der Waals surface area contributed by atoms with Crippen molar-refractivity contribution in [2.75, 3.05) is 0 Å². The molecule has 0 aromatic heterocycles. The van der Waals surface area contributed by atoms with Crippen LogP contribution < -0.4 is 5.73 Å². The Morgan fingerprint density at radius 1 is 1.05 bits per heavy atom. The van der Waals surface area contributed by atoms with Gasteiger partial charge in [-0.3, -0.25) is 0 Å². The van der Waals surface area contributed by atoms with Gasteiger partial charge >= 0.3 is 0 Å². The lowest BCUT2D eigenvalue weighted by Crippen LogP contribution is -2.38. The summed E-state index contributed by atoms with van der Waals surface area (Å²) in [6.45, 7) is 4.80. The van der Waals surface area contributed by atoms with E-state index in [2.05, 4.69) is 38.1 Å². The van der Waals surface area contributed by atoms with Gasteiger partial charge in [0.05, 0.1) is 0 Å². The Morgan fingerprint density at radius 2 is 1.74 bits per heavy atom. The number of nitrogens with two attached hydrogens (primary N) is 1. The van der Waals surface area contributed by atoms with Crippen molar-refractivity contribution in [1.29, 1.82) is 0 Å². The highest BCUT2D eigenvalue weighted by Crippen LogP contribution is 2.46. The van der Waals surface area contributed by atoms with E-state index >= 15 is 0 Å². The standard InChI is InChI=1S/C18H27N/c1-18(2)11-10-17(19)16(12-18)15-9-4-3-8-14(15)13-6-5-7-13/h3-4,8-9,13,16-17H,5-7,10-12,19H2,1-2H3. The largest absolute Gasteiger partial charge is 0.327 e. The second-order valence-electron chi connectivity index (χ2n) is 7.43. The molecule has 0 radical (unpaired) electrons. The maximum Gasteiger partial charge on any atom is 0.0108 e. The zero-order valence-corrected chi connectivity index (χ0v) is 12.4. The van der Waals surface area contributed by atoms with Gasteiger partial charge in [0.25, 0.3) is 0 Å². The van der Waals surface area contributed by atoms with Crippen LogP contribution in [0.1, 0.15) is 75.3 Å². The molecular formula is C18H27N. The molecule has 2 atom stereocenters. The summed E-state index contributed by atoms with van der Waals surface area (Å²) >= 11 is 0. The number of hydrogen-bond acceptors (Lipinski definition) is 1. The third kappa shape index (κ3) is 2.58. The lowest BCUT2D eigenvalue weighted by molar-refractivity contribution is 0.197. The first-order valence-electron chi connectivity index (χ1n) is 7.91. The Kier molecular flexibility index (Phi) is 3.42. The second-order valence-corrected chi connectivity index (χ2v) is 7.43. The normalized spacial score (nSPS) is 30.9. The first kappa shape index (κ1) is 13.2. The minimum absolute atomic E-state index is 0.356. The van der Waals surface area contributed by atoms with Crippen molar-refractivity contribution < 1.29 is 0 Å². The summed E-state index contributed by atoms with van der Waals surface area (Å²) in [7, 11) is 0. The van der Waals surface area contributed by atoms with Gasteiger partial charge in [-0.1, -0.05) is 44.5 Å². The van der Waals surface area contributed by atoms with Crippen LogP contribution in [-0.2, 0) is 0 Å². The molecule has 1 nitrogen and oxygen atoms in total. The molecule has 2 aliphatic carbocycles. The molecule has 3 rings (SSSR count). The lowest BCUT2D eigenvalue weighted by atomic mass is 9.65. The third-order valence-corrected chi connectivity index (χ3v) is 5.38. The second kappa shape index (κ2) is 4.94. The quantitative estimate of drug-likeness (QED) is 0.825. The average Bonchev–Trinajstić information content (AvgIpc) is 2.31. The summed E-state index contributed by atoms with van der Waals surface area (Å²) in [4.78, 5) is 0. The van der Waals surface area contributed by atoms with Crippen molar-refractivity contribution in [3.63, 3.8) is 0 Å². The highest BCUT2D eigenvalue weighted by atomic mass is 14.7. The number of hydrogen-bond donors (Lipinski definition) is 1. The van der Waals surface area contributed by atoms with Gasteiger partial charge in [-0.15, -0.1) is 0 Å². The summed E-state index contributed by atoms with van der Waals surface area (Å²) in [5.74, 6) is 1.38. The zero-order valence-electron chi connectivity index (χ0n) is 12.4. The highest BCUT2D eigenvalue weighted by molar-refractivity contribution is 5.36. The van der Waals surface area contributed by atoms with Gasteiger partial charge in [0.15, 0.2) is 0 Å². The molecule has 104 valence electrons. The van der Waals surface area contributed by atoms with E-state index in [1.807, 2.05) is 0 Å². The van der Waals surface area contributed by atoms with Crippen molar-refractivity contribution in [3.05, 3.63) is 35.4 Å². The molecule has 1 aromatic rings. The maximum absolute atomic E-state index is 6.46. The number of rotatable bonds is 2. The maximum atomic E-state index is 6.46. The Morgan fingerprint density at radius 3 is 2.37 bits per heavy atom. The van der Waals surface area contributed by atoms with Crippen molar-refractivity contribution in [2.45, 2.75) is 70.3 Å². The van der Waals surface area contributed by atoms with Crippen molar-refractivity contribution in [1.82, 2.24) is 0 Å². The third-order valence-electron chi connectivity index (χ3n) is 5.38. The molecule has 19 heavy (non-hydrogen) atoms. The smallest absolute Gasteiger partial charge is 0.0108 e. The van der Waals surface area contributed by atoms with E-state index in [0.29, 0.717) is 17.4 Å². The summed E-state index contributed by atoms with van der Waals surface area (Å²) in [6, 6.07) is 9.46. The predicted molar refractivity (Wildman–Crippen MR) is 81.4 cm³/mol. The highest BCUT2D eigenvalue weighted by Gasteiger charge is 2.36. The average molecular weight is 257 g/mol. The van der Waals surface area contributed by atoms with E-state index in [1.54, 1.807) is 11.1 Å². The summed E-state index contributed by atoms with van der Waals surface area (Å²) in [5, 5.41) is 0. The zero-order chi connectivity index (χ0) is 13.5. The Hall–Kier alpha value is -0.820. The summed E-state index contributed by atoms with van der Waals surface area (Å²) in [5.41, 5.74) is 10.1. The fourth-order valence-electron chi connectivity index (χ4n) is 3.89.